The number of aryl methyl sites for hydroxylation is 1. The van der Waals surface area contributed by atoms with Crippen LogP contribution < -0.4 is 10.9 Å². The first-order valence-electron chi connectivity index (χ1n) is 6.31. The molecule has 0 aliphatic carbocycles. The summed E-state index contributed by atoms with van der Waals surface area (Å²) >= 11 is 9.13. The van der Waals surface area contributed by atoms with Crippen LogP contribution in [-0.2, 0) is 11.8 Å². The first kappa shape index (κ1) is 16.3. The zero-order valence-electron chi connectivity index (χ0n) is 11.6. The number of carbonyl (C=O) groups excluding carboxylic acids is 2. The topological polar surface area (TPSA) is 63.1 Å². The molecule has 0 saturated heterocycles. The maximum atomic E-state index is 11.9. The second-order valence-electron chi connectivity index (χ2n) is 4.49. The van der Waals surface area contributed by atoms with E-state index in [4.69, 9.17) is 11.6 Å². The fraction of sp³-hybridized carbons (Fsp3) is 0.0667. The molecule has 1 aromatic carbocycles. The molecule has 0 fully saturated rings. The van der Waals surface area contributed by atoms with Crippen molar-refractivity contribution in [2.75, 3.05) is 0 Å². The van der Waals surface area contributed by atoms with E-state index in [1.165, 1.54) is 6.08 Å². The Balaban J connectivity index is 1.90. The van der Waals surface area contributed by atoms with E-state index in [1.807, 2.05) is 6.07 Å². The lowest BCUT2D eigenvalue weighted by Crippen LogP contribution is -2.41. The van der Waals surface area contributed by atoms with E-state index in [-0.39, 0.29) is 0 Å². The Bertz CT molecular complexity index is 740. The van der Waals surface area contributed by atoms with E-state index < -0.39 is 11.8 Å². The second kappa shape index (κ2) is 7.29. The van der Waals surface area contributed by atoms with Gasteiger partial charge in [0.1, 0.15) is 5.69 Å². The van der Waals surface area contributed by atoms with Crippen LogP contribution in [-0.4, -0.2) is 16.4 Å². The number of aromatic nitrogens is 1. The first-order chi connectivity index (χ1) is 10.5. The molecule has 2 amide bonds. The molecule has 114 valence electrons. The van der Waals surface area contributed by atoms with Gasteiger partial charge in [0.25, 0.3) is 11.8 Å². The SMILES string of the molecule is Cn1cc(Br)cc1C(=O)NNC(=O)/C=C/c1cccc(Cl)c1. The molecule has 1 heterocycles. The predicted molar refractivity (Wildman–Crippen MR) is 89.2 cm³/mol. The molecule has 22 heavy (non-hydrogen) atoms. The van der Waals surface area contributed by atoms with Gasteiger partial charge in [-0.1, -0.05) is 23.7 Å². The number of hydrogen-bond donors (Lipinski definition) is 2. The average Bonchev–Trinajstić information content (AvgIpc) is 2.81. The van der Waals surface area contributed by atoms with Crippen molar-refractivity contribution in [3.8, 4) is 0 Å². The largest absolute Gasteiger partial charge is 0.345 e. The van der Waals surface area contributed by atoms with E-state index in [0.29, 0.717) is 10.7 Å². The van der Waals surface area contributed by atoms with Gasteiger partial charge in [0.15, 0.2) is 0 Å². The number of rotatable bonds is 3. The minimum Gasteiger partial charge on any atom is -0.345 e. The van der Waals surface area contributed by atoms with Gasteiger partial charge < -0.3 is 4.57 Å². The number of nitrogens with one attached hydrogen (secondary N) is 2. The quantitative estimate of drug-likeness (QED) is 0.633. The maximum absolute atomic E-state index is 11.9. The Hall–Kier alpha value is -2.05. The summed E-state index contributed by atoms with van der Waals surface area (Å²) in [6.07, 6.45) is 4.66. The third-order valence-electron chi connectivity index (χ3n) is 2.78. The van der Waals surface area contributed by atoms with Crippen LogP contribution >= 0.6 is 27.5 Å². The minimum atomic E-state index is -0.443. The van der Waals surface area contributed by atoms with Gasteiger partial charge in [-0.2, -0.15) is 0 Å². The summed E-state index contributed by atoms with van der Waals surface area (Å²) in [5.41, 5.74) is 5.87. The average molecular weight is 383 g/mol. The number of nitrogens with zero attached hydrogens (tertiary/aromatic N) is 1. The van der Waals surface area contributed by atoms with Crippen LogP contribution in [0.2, 0.25) is 5.02 Å². The Morgan fingerprint density at radius 3 is 2.68 bits per heavy atom. The van der Waals surface area contributed by atoms with Gasteiger partial charge in [-0.3, -0.25) is 20.4 Å². The van der Waals surface area contributed by atoms with Gasteiger partial charge in [0.2, 0.25) is 0 Å². The fourth-order valence-corrected chi connectivity index (χ4v) is 2.48. The van der Waals surface area contributed by atoms with Crippen LogP contribution in [0.4, 0.5) is 0 Å². The van der Waals surface area contributed by atoms with Crippen molar-refractivity contribution in [2.45, 2.75) is 0 Å². The van der Waals surface area contributed by atoms with E-state index in [0.717, 1.165) is 10.0 Å². The molecule has 0 saturated carbocycles. The molecular formula is C15H13BrClN3O2. The smallest absolute Gasteiger partial charge is 0.286 e. The maximum Gasteiger partial charge on any atom is 0.286 e. The molecule has 2 aromatic rings. The molecule has 7 heteroatoms. The molecule has 2 N–H and O–H groups in total. The third kappa shape index (κ3) is 4.47. The van der Waals surface area contributed by atoms with Crippen molar-refractivity contribution >= 4 is 45.4 Å². The van der Waals surface area contributed by atoms with Crippen LogP contribution in [0, 0.1) is 0 Å². The Morgan fingerprint density at radius 1 is 1.27 bits per heavy atom. The monoisotopic (exact) mass is 381 g/mol. The number of hydrazine groups is 1. The lowest BCUT2D eigenvalue weighted by molar-refractivity contribution is -0.117. The highest BCUT2D eigenvalue weighted by atomic mass is 79.9. The Labute approximate surface area is 141 Å². The third-order valence-corrected chi connectivity index (χ3v) is 3.45. The standard InChI is InChI=1S/C15H13BrClN3O2/c1-20-9-11(16)8-13(20)15(22)19-18-14(21)6-5-10-3-2-4-12(17)7-10/h2-9H,1H3,(H,18,21)(H,19,22)/b6-5+. The van der Waals surface area contributed by atoms with Crippen LogP contribution in [0.15, 0.2) is 47.1 Å². The van der Waals surface area contributed by atoms with Crippen molar-refractivity contribution in [1.82, 2.24) is 15.4 Å². The second-order valence-corrected chi connectivity index (χ2v) is 5.84. The van der Waals surface area contributed by atoms with Crippen LogP contribution in [0.3, 0.4) is 0 Å². The summed E-state index contributed by atoms with van der Waals surface area (Å²) in [5, 5.41) is 0.588. The summed E-state index contributed by atoms with van der Waals surface area (Å²) in [4.78, 5) is 23.6. The van der Waals surface area contributed by atoms with Gasteiger partial charge in [0.05, 0.1) is 0 Å². The molecule has 0 spiro atoms. The molecule has 0 aliphatic heterocycles. The molecule has 0 aliphatic rings. The predicted octanol–water partition coefficient (Wildman–Crippen LogP) is 2.92. The van der Waals surface area contributed by atoms with E-state index in [9.17, 15) is 9.59 Å². The fourth-order valence-electron chi connectivity index (χ4n) is 1.76. The molecule has 0 unspecified atom stereocenters. The van der Waals surface area contributed by atoms with E-state index in [1.54, 1.807) is 48.2 Å². The van der Waals surface area contributed by atoms with Crippen molar-refractivity contribution in [2.24, 2.45) is 7.05 Å². The van der Waals surface area contributed by atoms with Crippen molar-refractivity contribution in [1.29, 1.82) is 0 Å². The van der Waals surface area contributed by atoms with Gasteiger partial charge in [0, 0.05) is 28.8 Å². The highest BCUT2D eigenvalue weighted by molar-refractivity contribution is 9.10. The van der Waals surface area contributed by atoms with Crippen LogP contribution in [0.1, 0.15) is 16.1 Å². The zero-order chi connectivity index (χ0) is 16.1. The van der Waals surface area contributed by atoms with Crippen LogP contribution in [0.5, 0.6) is 0 Å². The molecule has 5 nitrogen and oxygen atoms in total. The molecule has 2 rings (SSSR count). The highest BCUT2D eigenvalue weighted by Gasteiger charge is 2.10. The summed E-state index contributed by atoms with van der Waals surface area (Å²) in [7, 11) is 1.74. The van der Waals surface area contributed by atoms with Gasteiger partial charge >= 0.3 is 0 Å². The van der Waals surface area contributed by atoms with Crippen molar-refractivity contribution in [3.05, 3.63) is 63.4 Å². The number of amides is 2. The van der Waals surface area contributed by atoms with Gasteiger partial charge in [-0.15, -0.1) is 0 Å². The normalized spacial score (nSPS) is 10.7. The Morgan fingerprint density at radius 2 is 2.05 bits per heavy atom. The summed E-state index contributed by atoms with van der Waals surface area (Å²) < 4.78 is 2.43. The lowest BCUT2D eigenvalue weighted by atomic mass is 10.2. The Kier molecular flexibility index (Phi) is 5.41. The molecular weight excluding hydrogens is 370 g/mol. The number of benzene rings is 1. The van der Waals surface area contributed by atoms with E-state index >= 15 is 0 Å². The summed E-state index contributed by atoms with van der Waals surface area (Å²) in [6, 6.07) is 8.73. The lowest BCUT2D eigenvalue weighted by Gasteiger charge is -2.05. The molecule has 0 atom stereocenters. The number of carbonyl (C=O) groups is 2. The minimum absolute atomic E-state index is 0.405. The van der Waals surface area contributed by atoms with Gasteiger partial charge in [-0.05, 0) is 45.8 Å². The van der Waals surface area contributed by atoms with E-state index in [2.05, 4.69) is 26.8 Å². The van der Waals surface area contributed by atoms with Crippen molar-refractivity contribution < 1.29 is 9.59 Å². The highest BCUT2D eigenvalue weighted by Crippen LogP contribution is 2.13. The molecule has 0 bridgehead atoms. The first-order valence-corrected chi connectivity index (χ1v) is 7.48. The number of hydrogen-bond acceptors (Lipinski definition) is 2. The van der Waals surface area contributed by atoms with Crippen LogP contribution in [0.25, 0.3) is 6.08 Å². The van der Waals surface area contributed by atoms with Gasteiger partial charge in [-0.25, -0.2) is 0 Å². The van der Waals surface area contributed by atoms with Crippen molar-refractivity contribution in [3.63, 3.8) is 0 Å². The number of halogens is 2. The summed E-state index contributed by atoms with van der Waals surface area (Å²) in [6.45, 7) is 0. The molecule has 0 radical (unpaired) electrons. The zero-order valence-corrected chi connectivity index (χ0v) is 14.0. The summed E-state index contributed by atoms with van der Waals surface area (Å²) in [5.74, 6) is -0.848. The molecule has 1 aromatic heterocycles.